The first kappa shape index (κ1) is 27.9. The van der Waals surface area contributed by atoms with Gasteiger partial charge in [0.2, 0.25) is 5.91 Å². The minimum atomic E-state index is -0.791. The Morgan fingerprint density at radius 1 is 0.917 bits per heavy atom. The van der Waals surface area contributed by atoms with Crippen LogP contribution in [0.5, 0.6) is 5.75 Å². The van der Waals surface area contributed by atoms with Crippen LogP contribution in [0, 0.1) is 5.92 Å². The number of carbonyl (C=O) groups is 2. The molecule has 0 aliphatic rings. The number of amides is 2. The highest BCUT2D eigenvalue weighted by atomic mass is 35.5. The van der Waals surface area contributed by atoms with E-state index in [1.807, 2.05) is 44.2 Å². The lowest BCUT2D eigenvalue weighted by molar-refractivity contribution is -0.142. The number of hydrogen-bond acceptors (Lipinski definition) is 3. The quantitative estimate of drug-likeness (QED) is 0.301. The molecule has 36 heavy (non-hydrogen) atoms. The van der Waals surface area contributed by atoms with Gasteiger partial charge in [-0.1, -0.05) is 97.2 Å². The van der Waals surface area contributed by atoms with Crippen LogP contribution in [0.1, 0.15) is 25.0 Å². The predicted octanol–water partition coefficient (Wildman–Crippen LogP) is 6.44. The van der Waals surface area contributed by atoms with Crippen LogP contribution in [-0.4, -0.2) is 35.9 Å². The van der Waals surface area contributed by atoms with Crippen LogP contribution in [0.2, 0.25) is 15.1 Å². The van der Waals surface area contributed by atoms with Crippen molar-refractivity contribution in [2.75, 3.05) is 13.2 Å². The lowest BCUT2D eigenvalue weighted by Gasteiger charge is -2.32. The maximum Gasteiger partial charge on any atom is 0.261 e. The van der Waals surface area contributed by atoms with E-state index in [1.54, 1.807) is 42.5 Å². The Labute approximate surface area is 227 Å². The zero-order valence-corrected chi connectivity index (χ0v) is 22.5. The fourth-order valence-corrected chi connectivity index (χ4v) is 4.25. The molecule has 0 unspecified atom stereocenters. The lowest BCUT2D eigenvalue weighted by atomic mass is 10.0. The number of benzene rings is 3. The third-order valence-corrected chi connectivity index (χ3v) is 6.40. The van der Waals surface area contributed by atoms with E-state index < -0.39 is 6.04 Å². The molecule has 3 aromatic rings. The van der Waals surface area contributed by atoms with Crippen LogP contribution < -0.4 is 10.1 Å². The number of nitrogens with one attached hydrogen (secondary N) is 1. The van der Waals surface area contributed by atoms with Crippen LogP contribution in [-0.2, 0) is 22.6 Å². The Hall–Kier alpha value is -2.73. The average molecular weight is 548 g/mol. The molecule has 5 nitrogen and oxygen atoms in total. The van der Waals surface area contributed by atoms with Crippen molar-refractivity contribution in [2.45, 2.75) is 32.9 Å². The van der Waals surface area contributed by atoms with E-state index in [-0.39, 0.29) is 30.9 Å². The van der Waals surface area contributed by atoms with E-state index >= 15 is 0 Å². The minimum absolute atomic E-state index is 0.104. The van der Waals surface area contributed by atoms with Crippen LogP contribution >= 0.6 is 34.8 Å². The SMILES string of the molecule is CC(C)CNC(=O)[C@@H](Cc1ccccc1)N(Cc1ccc(Cl)cc1Cl)C(=O)COc1ccccc1Cl. The molecule has 1 N–H and O–H groups in total. The number of halogens is 3. The Kier molecular flexibility index (Phi) is 10.5. The number of para-hydroxylation sites is 1. The normalized spacial score (nSPS) is 11.7. The summed E-state index contributed by atoms with van der Waals surface area (Å²) < 4.78 is 5.74. The summed E-state index contributed by atoms with van der Waals surface area (Å²) in [7, 11) is 0. The van der Waals surface area contributed by atoms with Crippen LogP contribution in [0.4, 0.5) is 0 Å². The molecule has 190 valence electrons. The minimum Gasteiger partial charge on any atom is -0.482 e. The molecule has 8 heteroatoms. The summed E-state index contributed by atoms with van der Waals surface area (Å²) >= 11 is 18.7. The van der Waals surface area contributed by atoms with Gasteiger partial charge in [0.05, 0.1) is 5.02 Å². The molecule has 0 saturated heterocycles. The first-order chi connectivity index (χ1) is 17.2. The highest BCUT2D eigenvalue weighted by Crippen LogP contribution is 2.26. The van der Waals surface area contributed by atoms with Gasteiger partial charge in [0.1, 0.15) is 11.8 Å². The summed E-state index contributed by atoms with van der Waals surface area (Å²) in [5.41, 5.74) is 1.59. The second-order valence-electron chi connectivity index (χ2n) is 8.82. The number of ether oxygens (including phenoxy) is 1. The van der Waals surface area contributed by atoms with Crippen molar-refractivity contribution in [1.82, 2.24) is 10.2 Å². The van der Waals surface area contributed by atoms with E-state index in [0.717, 1.165) is 5.56 Å². The summed E-state index contributed by atoms with van der Waals surface area (Å²) in [4.78, 5) is 28.5. The van der Waals surface area contributed by atoms with E-state index in [9.17, 15) is 9.59 Å². The van der Waals surface area contributed by atoms with Crippen molar-refractivity contribution >= 4 is 46.6 Å². The largest absolute Gasteiger partial charge is 0.482 e. The Morgan fingerprint density at radius 3 is 2.28 bits per heavy atom. The Balaban J connectivity index is 1.94. The van der Waals surface area contributed by atoms with Gasteiger partial charge < -0.3 is 15.0 Å². The maximum absolute atomic E-state index is 13.6. The monoisotopic (exact) mass is 546 g/mol. The maximum atomic E-state index is 13.6. The van der Waals surface area contributed by atoms with E-state index in [2.05, 4.69) is 5.32 Å². The van der Waals surface area contributed by atoms with Gasteiger partial charge in [0.15, 0.2) is 6.61 Å². The van der Waals surface area contributed by atoms with Gasteiger partial charge in [-0.15, -0.1) is 0 Å². The summed E-state index contributed by atoms with van der Waals surface area (Å²) in [5, 5.41) is 4.27. The van der Waals surface area contributed by atoms with E-state index in [1.165, 1.54) is 4.90 Å². The number of hydrogen-bond donors (Lipinski definition) is 1. The molecular weight excluding hydrogens is 519 g/mol. The van der Waals surface area contributed by atoms with Gasteiger partial charge >= 0.3 is 0 Å². The summed E-state index contributed by atoms with van der Waals surface area (Å²) in [6, 6.07) is 20.8. The van der Waals surface area contributed by atoms with Crippen LogP contribution in [0.3, 0.4) is 0 Å². The molecule has 0 fully saturated rings. The second-order valence-corrected chi connectivity index (χ2v) is 10.1. The molecule has 1 atom stereocenters. The summed E-state index contributed by atoms with van der Waals surface area (Å²) in [6.07, 6.45) is 0.327. The van der Waals surface area contributed by atoms with Gasteiger partial charge in [0.25, 0.3) is 5.91 Å². The van der Waals surface area contributed by atoms with Crippen molar-refractivity contribution in [3.63, 3.8) is 0 Å². The van der Waals surface area contributed by atoms with Crippen molar-refractivity contribution in [3.8, 4) is 5.75 Å². The smallest absolute Gasteiger partial charge is 0.261 e. The topological polar surface area (TPSA) is 58.6 Å². The molecule has 0 heterocycles. The highest BCUT2D eigenvalue weighted by Gasteiger charge is 2.31. The average Bonchev–Trinajstić information content (AvgIpc) is 2.85. The van der Waals surface area contributed by atoms with Crippen molar-refractivity contribution in [3.05, 3.63) is 99.0 Å². The molecule has 0 aliphatic heterocycles. The molecule has 0 bridgehead atoms. The molecule has 0 spiro atoms. The van der Waals surface area contributed by atoms with Crippen molar-refractivity contribution < 1.29 is 14.3 Å². The Morgan fingerprint density at radius 2 is 1.61 bits per heavy atom. The first-order valence-electron chi connectivity index (χ1n) is 11.7. The van der Waals surface area contributed by atoms with Gasteiger partial charge in [-0.05, 0) is 41.3 Å². The van der Waals surface area contributed by atoms with Crippen molar-refractivity contribution in [2.24, 2.45) is 5.92 Å². The molecule has 0 aromatic heterocycles. The molecule has 0 saturated carbocycles. The first-order valence-corrected chi connectivity index (χ1v) is 12.8. The predicted molar refractivity (Wildman–Crippen MR) is 146 cm³/mol. The van der Waals surface area contributed by atoms with Gasteiger partial charge in [0, 0.05) is 29.6 Å². The molecule has 3 rings (SSSR count). The zero-order chi connectivity index (χ0) is 26.1. The summed E-state index contributed by atoms with van der Waals surface area (Å²) in [6.45, 7) is 4.33. The van der Waals surface area contributed by atoms with E-state index in [0.29, 0.717) is 39.3 Å². The fraction of sp³-hybridized carbons (Fsp3) is 0.286. The molecule has 0 aliphatic carbocycles. The standard InChI is InChI=1S/C28H29Cl3N2O3/c1-19(2)16-32-28(35)25(14-20-8-4-3-5-9-20)33(17-21-12-13-22(29)15-24(21)31)27(34)18-36-26-11-7-6-10-23(26)30/h3-13,15,19,25H,14,16-18H2,1-2H3,(H,32,35)/t25-/m1/s1. The third kappa shape index (κ3) is 8.16. The highest BCUT2D eigenvalue weighted by molar-refractivity contribution is 6.35. The zero-order valence-electron chi connectivity index (χ0n) is 20.2. The summed E-state index contributed by atoms with van der Waals surface area (Å²) in [5.74, 6) is 0.0240. The van der Waals surface area contributed by atoms with Gasteiger partial charge in [-0.2, -0.15) is 0 Å². The number of nitrogens with zero attached hydrogens (tertiary/aromatic N) is 1. The number of carbonyl (C=O) groups excluding carboxylic acids is 2. The van der Waals surface area contributed by atoms with Gasteiger partial charge in [-0.3, -0.25) is 9.59 Å². The molecular formula is C28H29Cl3N2O3. The fourth-order valence-electron chi connectivity index (χ4n) is 3.59. The molecule has 2 amide bonds. The molecule has 0 radical (unpaired) electrons. The second kappa shape index (κ2) is 13.5. The van der Waals surface area contributed by atoms with Gasteiger partial charge in [-0.25, -0.2) is 0 Å². The van der Waals surface area contributed by atoms with Crippen molar-refractivity contribution in [1.29, 1.82) is 0 Å². The van der Waals surface area contributed by atoms with Crippen LogP contribution in [0.25, 0.3) is 0 Å². The third-order valence-electron chi connectivity index (χ3n) is 5.50. The number of rotatable bonds is 11. The van der Waals surface area contributed by atoms with E-state index in [4.69, 9.17) is 39.5 Å². The Bertz CT molecular complexity index is 1170. The molecule has 3 aromatic carbocycles. The van der Waals surface area contributed by atoms with Crippen LogP contribution in [0.15, 0.2) is 72.8 Å². The lowest BCUT2D eigenvalue weighted by Crippen LogP contribution is -2.52.